The molecule has 0 unspecified atom stereocenters. The molecule has 0 aromatic heterocycles. The summed E-state index contributed by atoms with van der Waals surface area (Å²) in [6, 6.07) is 13.0. The number of halogens is 1. The van der Waals surface area contributed by atoms with E-state index in [4.69, 9.17) is 14.8 Å². The highest BCUT2D eigenvalue weighted by Crippen LogP contribution is 2.28. The van der Waals surface area contributed by atoms with Gasteiger partial charge in [0.1, 0.15) is 18.2 Å². The molecule has 2 rings (SSSR count). The maximum Gasteiger partial charge on any atom is 0.707 e. The van der Waals surface area contributed by atoms with Crippen molar-refractivity contribution in [1.29, 1.82) is 0 Å². The second kappa shape index (κ2) is 6.22. The van der Waals surface area contributed by atoms with E-state index >= 15 is 0 Å². The lowest BCUT2D eigenvalue weighted by Gasteiger charge is -2.12. The van der Waals surface area contributed by atoms with Crippen molar-refractivity contribution in [3.05, 3.63) is 59.9 Å². The van der Waals surface area contributed by atoms with E-state index < -0.39 is 13.1 Å². The van der Waals surface area contributed by atoms with Crippen LogP contribution in [0.15, 0.2) is 48.5 Å². The van der Waals surface area contributed by atoms with Gasteiger partial charge < -0.3 is 19.4 Å². The van der Waals surface area contributed by atoms with E-state index in [0.29, 0.717) is 0 Å². The molecular formula is C13H12BFO4. The van der Waals surface area contributed by atoms with Crippen LogP contribution in [-0.4, -0.2) is 17.4 Å². The first-order valence-electron chi connectivity index (χ1n) is 5.64. The van der Waals surface area contributed by atoms with Crippen LogP contribution in [0.25, 0.3) is 0 Å². The smallest absolute Gasteiger partial charge is 0.509 e. The van der Waals surface area contributed by atoms with Crippen molar-refractivity contribution in [1.82, 2.24) is 0 Å². The van der Waals surface area contributed by atoms with Crippen LogP contribution < -0.4 is 9.39 Å². The molecule has 0 radical (unpaired) electrons. The van der Waals surface area contributed by atoms with Gasteiger partial charge in [0, 0.05) is 6.07 Å². The average molecular weight is 262 g/mol. The van der Waals surface area contributed by atoms with Crippen molar-refractivity contribution in [3.8, 4) is 11.5 Å². The molecule has 0 bridgehead atoms. The van der Waals surface area contributed by atoms with Crippen molar-refractivity contribution >= 4 is 7.32 Å². The Hall–Kier alpha value is -2.05. The van der Waals surface area contributed by atoms with Crippen LogP contribution in [-0.2, 0) is 6.61 Å². The number of benzene rings is 2. The molecular weight excluding hydrogens is 250 g/mol. The van der Waals surface area contributed by atoms with Crippen molar-refractivity contribution in [2.75, 3.05) is 0 Å². The largest absolute Gasteiger partial charge is 0.707 e. The fraction of sp³-hybridized carbons (Fsp3) is 0.0769. The van der Waals surface area contributed by atoms with Gasteiger partial charge in [-0.3, -0.25) is 0 Å². The Morgan fingerprint density at radius 3 is 2.42 bits per heavy atom. The lowest BCUT2D eigenvalue weighted by molar-refractivity contribution is 0.261. The zero-order valence-electron chi connectivity index (χ0n) is 9.99. The number of hydrogen-bond acceptors (Lipinski definition) is 4. The van der Waals surface area contributed by atoms with Gasteiger partial charge in [0.05, 0.1) is 0 Å². The molecule has 0 saturated heterocycles. The van der Waals surface area contributed by atoms with Crippen LogP contribution in [0, 0.1) is 5.82 Å². The summed E-state index contributed by atoms with van der Waals surface area (Å²) in [5.41, 5.74) is 0.933. The SMILES string of the molecule is OB(O)Oc1cc(F)ccc1OCc1ccccc1. The first-order valence-corrected chi connectivity index (χ1v) is 5.64. The average Bonchev–Trinajstić information content (AvgIpc) is 2.38. The molecule has 0 spiro atoms. The molecule has 0 saturated carbocycles. The normalized spacial score (nSPS) is 10.1. The zero-order valence-corrected chi connectivity index (χ0v) is 9.99. The molecule has 0 aliphatic carbocycles. The summed E-state index contributed by atoms with van der Waals surface area (Å²) >= 11 is 0. The summed E-state index contributed by atoms with van der Waals surface area (Å²) in [4.78, 5) is 0. The van der Waals surface area contributed by atoms with Crippen LogP contribution in [0.4, 0.5) is 4.39 Å². The molecule has 0 heterocycles. The number of hydrogen-bond donors (Lipinski definition) is 2. The fourth-order valence-electron chi connectivity index (χ4n) is 1.54. The van der Waals surface area contributed by atoms with Crippen LogP contribution >= 0.6 is 0 Å². The molecule has 98 valence electrons. The Morgan fingerprint density at radius 2 is 1.74 bits per heavy atom. The highest BCUT2D eigenvalue weighted by molar-refractivity contribution is 6.33. The highest BCUT2D eigenvalue weighted by Gasteiger charge is 2.16. The second-order valence-electron chi connectivity index (χ2n) is 3.81. The molecule has 2 aromatic carbocycles. The standard InChI is InChI=1S/C13H12BFO4/c15-11-6-7-12(13(8-11)19-14(16)17)18-9-10-4-2-1-3-5-10/h1-8,16-17H,9H2. The molecule has 2 aromatic rings. The van der Waals surface area contributed by atoms with Gasteiger partial charge in [-0.2, -0.15) is 0 Å². The van der Waals surface area contributed by atoms with Gasteiger partial charge in [-0.25, -0.2) is 4.39 Å². The Labute approximate surface area is 110 Å². The summed E-state index contributed by atoms with van der Waals surface area (Å²) in [5.74, 6) is -0.382. The maximum atomic E-state index is 13.1. The van der Waals surface area contributed by atoms with Gasteiger partial charge in [0.15, 0.2) is 5.75 Å². The van der Waals surface area contributed by atoms with Crippen molar-refractivity contribution in [2.45, 2.75) is 6.61 Å². The zero-order chi connectivity index (χ0) is 13.7. The first kappa shape index (κ1) is 13.4. The lowest BCUT2D eigenvalue weighted by Crippen LogP contribution is -2.21. The van der Waals surface area contributed by atoms with E-state index in [9.17, 15) is 4.39 Å². The summed E-state index contributed by atoms with van der Waals surface area (Å²) in [5, 5.41) is 17.5. The van der Waals surface area contributed by atoms with E-state index in [1.807, 2.05) is 30.3 Å². The van der Waals surface area contributed by atoms with Crippen LogP contribution in [0.1, 0.15) is 5.56 Å². The van der Waals surface area contributed by atoms with E-state index in [-0.39, 0.29) is 18.1 Å². The van der Waals surface area contributed by atoms with E-state index in [1.165, 1.54) is 12.1 Å². The third-order valence-corrected chi connectivity index (χ3v) is 2.38. The van der Waals surface area contributed by atoms with Crippen LogP contribution in [0.3, 0.4) is 0 Å². The number of rotatable bonds is 5. The van der Waals surface area contributed by atoms with E-state index in [0.717, 1.165) is 11.6 Å². The lowest BCUT2D eigenvalue weighted by atomic mass is 10.2. The molecule has 0 aliphatic heterocycles. The summed E-state index contributed by atoms with van der Waals surface area (Å²) in [6.07, 6.45) is 0. The molecule has 0 atom stereocenters. The molecule has 0 fully saturated rings. The maximum absolute atomic E-state index is 13.1. The molecule has 6 heteroatoms. The monoisotopic (exact) mass is 262 g/mol. The Bertz CT molecular complexity index is 533. The van der Waals surface area contributed by atoms with Gasteiger partial charge in [-0.15, -0.1) is 0 Å². The predicted octanol–water partition coefficient (Wildman–Crippen LogP) is 1.75. The van der Waals surface area contributed by atoms with Gasteiger partial charge in [0.25, 0.3) is 0 Å². The highest BCUT2D eigenvalue weighted by atomic mass is 19.1. The van der Waals surface area contributed by atoms with E-state index in [1.54, 1.807) is 0 Å². The van der Waals surface area contributed by atoms with Gasteiger partial charge in [-0.1, -0.05) is 30.3 Å². The summed E-state index contributed by atoms with van der Waals surface area (Å²) < 4.78 is 23.2. The van der Waals surface area contributed by atoms with Crippen molar-refractivity contribution < 1.29 is 23.8 Å². The Morgan fingerprint density at radius 1 is 1.00 bits per heavy atom. The summed E-state index contributed by atoms with van der Waals surface area (Å²) in [7, 11) is -2.03. The van der Waals surface area contributed by atoms with Gasteiger partial charge >= 0.3 is 7.32 Å². The fourth-order valence-corrected chi connectivity index (χ4v) is 1.54. The molecule has 2 N–H and O–H groups in total. The predicted molar refractivity (Wildman–Crippen MR) is 68.0 cm³/mol. The van der Waals surface area contributed by atoms with E-state index in [2.05, 4.69) is 4.65 Å². The first-order chi connectivity index (χ1) is 9.15. The Balaban J connectivity index is 2.11. The van der Waals surface area contributed by atoms with Crippen LogP contribution in [0.2, 0.25) is 0 Å². The minimum atomic E-state index is -2.03. The molecule has 19 heavy (non-hydrogen) atoms. The minimum Gasteiger partial charge on any atom is -0.509 e. The number of ether oxygens (including phenoxy) is 1. The van der Waals surface area contributed by atoms with Crippen molar-refractivity contribution in [2.24, 2.45) is 0 Å². The summed E-state index contributed by atoms with van der Waals surface area (Å²) in [6.45, 7) is 0.268. The van der Waals surface area contributed by atoms with Crippen LogP contribution in [0.5, 0.6) is 11.5 Å². The second-order valence-corrected chi connectivity index (χ2v) is 3.81. The quantitative estimate of drug-likeness (QED) is 0.806. The molecule has 0 amide bonds. The minimum absolute atomic E-state index is 0.0640. The Kier molecular flexibility index (Phi) is 4.38. The van der Waals surface area contributed by atoms with Gasteiger partial charge in [-0.05, 0) is 17.7 Å². The van der Waals surface area contributed by atoms with Gasteiger partial charge in [0.2, 0.25) is 0 Å². The molecule has 0 aliphatic rings. The molecule has 4 nitrogen and oxygen atoms in total. The third kappa shape index (κ3) is 3.98. The topological polar surface area (TPSA) is 58.9 Å². The third-order valence-electron chi connectivity index (χ3n) is 2.38. The van der Waals surface area contributed by atoms with Crippen molar-refractivity contribution in [3.63, 3.8) is 0 Å².